The summed E-state index contributed by atoms with van der Waals surface area (Å²) in [5.74, 6) is 1.29. The molecule has 1 aromatic rings. The lowest BCUT2D eigenvalue weighted by molar-refractivity contribution is 0.111. The van der Waals surface area contributed by atoms with Crippen molar-refractivity contribution >= 4 is 24.1 Å². The second-order valence-corrected chi connectivity index (χ2v) is 3.67. The molecular formula is C12H14N4O2. The Kier molecular flexibility index (Phi) is 4.14. The lowest BCUT2D eigenvalue weighted by Crippen LogP contribution is -2.36. The molecule has 0 unspecified atom stereocenters. The Morgan fingerprint density at radius 2 is 2.17 bits per heavy atom. The minimum Gasteiger partial charge on any atom is -0.378 e. The van der Waals surface area contributed by atoms with Gasteiger partial charge in [0.25, 0.3) is 0 Å². The summed E-state index contributed by atoms with van der Waals surface area (Å²) in [5.41, 5.74) is 0. The lowest BCUT2D eigenvalue weighted by Gasteiger charge is -2.27. The highest BCUT2D eigenvalue weighted by molar-refractivity contribution is 5.75. The number of aldehydes is 1. The van der Waals surface area contributed by atoms with Crippen LogP contribution in [0.25, 0.3) is 0 Å². The molecule has 6 nitrogen and oxygen atoms in total. The first-order valence-electron chi connectivity index (χ1n) is 5.65. The molecule has 0 spiro atoms. The SMILES string of the molecule is C=CC=Nc1cc(N2CCOCC2)nc(C=O)n1. The smallest absolute Gasteiger partial charge is 0.196 e. The number of morpholine rings is 1. The lowest BCUT2D eigenvalue weighted by atomic mass is 10.4. The molecule has 1 fully saturated rings. The fourth-order valence-corrected chi connectivity index (χ4v) is 1.64. The summed E-state index contributed by atoms with van der Waals surface area (Å²) in [7, 11) is 0. The maximum atomic E-state index is 10.8. The van der Waals surface area contributed by atoms with E-state index in [0.29, 0.717) is 31.1 Å². The van der Waals surface area contributed by atoms with Crippen molar-refractivity contribution in [2.75, 3.05) is 31.2 Å². The van der Waals surface area contributed by atoms with Crippen LogP contribution < -0.4 is 4.90 Å². The highest BCUT2D eigenvalue weighted by Gasteiger charge is 2.14. The maximum Gasteiger partial charge on any atom is 0.196 e. The van der Waals surface area contributed by atoms with E-state index in [1.54, 1.807) is 12.1 Å². The van der Waals surface area contributed by atoms with E-state index >= 15 is 0 Å². The van der Waals surface area contributed by atoms with Gasteiger partial charge in [-0.25, -0.2) is 15.0 Å². The molecule has 0 N–H and O–H groups in total. The molecule has 2 rings (SSSR count). The van der Waals surface area contributed by atoms with Gasteiger partial charge >= 0.3 is 0 Å². The van der Waals surface area contributed by atoms with Crippen molar-refractivity contribution in [1.82, 2.24) is 9.97 Å². The average Bonchev–Trinajstić information content (AvgIpc) is 2.45. The number of carbonyl (C=O) groups excluding carboxylic acids is 1. The first kappa shape index (κ1) is 12.4. The molecule has 1 saturated heterocycles. The monoisotopic (exact) mass is 246 g/mol. The van der Waals surface area contributed by atoms with E-state index in [9.17, 15) is 4.79 Å². The van der Waals surface area contributed by atoms with Crippen molar-refractivity contribution in [3.05, 3.63) is 24.5 Å². The third-order valence-electron chi connectivity index (χ3n) is 2.47. The minimum absolute atomic E-state index is 0.134. The largest absolute Gasteiger partial charge is 0.378 e. The van der Waals surface area contributed by atoms with Crippen LogP contribution in [0.2, 0.25) is 0 Å². The van der Waals surface area contributed by atoms with E-state index in [2.05, 4.69) is 21.5 Å². The van der Waals surface area contributed by atoms with Crippen LogP contribution in [0.4, 0.5) is 11.6 Å². The molecule has 0 amide bonds. The van der Waals surface area contributed by atoms with Gasteiger partial charge in [-0.3, -0.25) is 4.79 Å². The zero-order valence-corrected chi connectivity index (χ0v) is 9.95. The van der Waals surface area contributed by atoms with E-state index in [4.69, 9.17) is 4.74 Å². The van der Waals surface area contributed by atoms with Crippen LogP contribution in [0.15, 0.2) is 23.7 Å². The summed E-state index contributed by atoms with van der Waals surface area (Å²) in [6, 6.07) is 1.75. The van der Waals surface area contributed by atoms with Crippen LogP contribution in [0, 0.1) is 0 Å². The predicted molar refractivity (Wildman–Crippen MR) is 68.8 cm³/mol. The summed E-state index contributed by atoms with van der Waals surface area (Å²) in [6.07, 6.45) is 3.70. The number of carbonyl (C=O) groups is 1. The number of hydrogen-bond donors (Lipinski definition) is 0. The second kappa shape index (κ2) is 6.02. The number of nitrogens with zero attached hydrogens (tertiary/aromatic N) is 4. The Morgan fingerprint density at radius 1 is 1.39 bits per heavy atom. The summed E-state index contributed by atoms with van der Waals surface area (Å²) >= 11 is 0. The van der Waals surface area contributed by atoms with Crippen LogP contribution >= 0.6 is 0 Å². The third-order valence-corrected chi connectivity index (χ3v) is 2.47. The first-order chi connectivity index (χ1) is 8.83. The topological polar surface area (TPSA) is 67.7 Å². The van der Waals surface area contributed by atoms with Gasteiger partial charge in [0, 0.05) is 25.4 Å². The van der Waals surface area contributed by atoms with Crippen molar-refractivity contribution < 1.29 is 9.53 Å². The van der Waals surface area contributed by atoms with Crippen LogP contribution in [0.5, 0.6) is 0 Å². The zero-order valence-electron chi connectivity index (χ0n) is 9.95. The number of ether oxygens (including phenoxy) is 1. The molecule has 94 valence electrons. The maximum absolute atomic E-state index is 10.8. The Hall–Kier alpha value is -2.08. The summed E-state index contributed by atoms with van der Waals surface area (Å²) in [4.78, 5) is 25.1. The Morgan fingerprint density at radius 3 is 2.83 bits per heavy atom. The summed E-state index contributed by atoms with van der Waals surface area (Å²) < 4.78 is 5.28. The highest BCUT2D eigenvalue weighted by atomic mass is 16.5. The molecule has 0 saturated carbocycles. The van der Waals surface area contributed by atoms with Gasteiger partial charge in [0.1, 0.15) is 5.82 Å². The third kappa shape index (κ3) is 2.98. The van der Waals surface area contributed by atoms with Crippen LogP contribution in [-0.4, -0.2) is 48.8 Å². The fraction of sp³-hybridized carbons (Fsp3) is 0.333. The second-order valence-electron chi connectivity index (χ2n) is 3.67. The van der Waals surface area contributed by atoms with Gasteiger partial charge in [-0.1, -0.05) is 12.7 Å². The fourth-order valence-electron chi connectivity index (χ4n) is 1.64. The van der Waals surface area contributed by atoms with Crippen molar-refractivity contribution in [2.45, 2.75) is 0 Å². The van der Waals surface area contributed by atoms with E-state index < -0.39 is 0 Å². The molecule has 0 aliphatic carbocycles. The molecule has 1 aliphatic heterocycles. The van der Waals surface area contributed by atoms with Gasteiger partial charge < -0.3 is 9.64 Å². The molecule has 1 aliphatic rings. The zero-order chi connectivity index (χ0) is 12.8. The Balaban J connectivity index is 2.30. The van der Waals surface area contributed by atoms with Gasteiger partial charge in [0.05, 0.1) is 13.2 Å². The van der Waals surface area contributed by atoms with Crippen LogP contribution in [0.3, 0.4) is 0 Å². The molecule has 18 heavy (non-hydrogen) atoms. The minimum atomic E-state index is 0.134. The van der Waals surface area contributed by atoms with Gasteiger partial charge in [-0.05, 0) is 0 Å². The van der Waals surface area contributed by atoms with Crippen molar-refractivity contribution in [3.63, 3.8) is 0 Å². The number of hydrogen-bond acceptors (Lipinski definition) is 6. The van der Waals surface area contributed by atoms with Crippen molar-refractivity contribution in [3.8, 4) is 0 Å². The van der Waals surface area contributed by atoms with Gasteiger partial charge in [0.15, 0.2) is 17.9 Å². The van der Waals surface area contributed by atoms with E-state index in [1.807, 2.05) is 4.90 Å². The molecule has 0 bridgehead atoms. The number of aliphatic imine (C=N–C) groups is 1. The van der Waals surface area contributed by atoms with Crippen LogP contribution in [0.1, 0.15) is 10.6 Å². The molecule has 0 atom stereocenters. The number of anilines is 1. The van der Waals surface area contributed by atoms with E-state index in [0.717, 1.165) is 13.1 Å². The molecule has 0 aromatic carbocycles. The number of allylic oxidation sites excluding steroid dienone is 1. The van der Waals surface area contributed by atoms with Gasteiger partial charge in [-0.15, -0.1) is 0 Å². The van der Waals surface area contributed by atoms with Gasteiger partial charge in [0.2, 0.25) is 0 Å². The summed E-state index contributed by atoms with van der Waals surface area (Å²) in [6.45, 7) is 6.36. The Labute approximate surface area is 105 Å². The Bertz CT molecular complexity index is 467. The van der Waals surface area contributed by atoms with Gasteiger partial charge in [-0.2, -0.15) is 0 Å². The number of rotatable bonds is 4. The highest BCUT2D eigenvalue weighted by Crippen LogP contribution is 2.18. The molecule has 0 radical (unpaired) electrons. The molecular weight excluding hydrogens is 232 g/mol. The quantitative estimate of drug-likeness (QED) is 0.586. The van der Waals surface area contributed by atoms with Crippen molar-refractivity contribution in [1.29, 1.82) is 0 Å². The average molecular weight is 246 g/mol. The number of aromatic nitrogens is 2. The molecule has 2 heterocycles. The normalized spacial score (nSPS) is 15.9. The summed E-state index contributed by atoms with van der Waals surface area (Å²) in [5, 5.41) is 0. The predicted octanol–water partition coefficient (Wildman–Crippen LogP) is 1.01. The molecule has 6 heteroatoms. The molecule has 1 aromatic heterocycles. The van der Waals surface area contributed by atoms with E-state index in [-0.39, 0.29) is 5.82 Å². The van der Waals surface area contributed by atoms with Crippen LogP contribution in [-0.2, 0) is 4.74 Å². The van der Waals surface area contributed by atoms with E-state index in [1.165, 1.54) is 6.21 Å². The first-order valence-corrected chi connectivity index (χ1v) is 5.65. The van der Waals surface area contributed by atoms with Crippen molar-refractivity contribution in [2.24, 2.45) is 4.99 Å². The standard InChI is InChI=1S/C12H14N4O2/c1-2-3-13-10-8-12(15-11(9-17)14-10)16-4-6-18-7-5-16/h2-3,8-9H,1,4-7H2.